The summed E-state index contributed by atoms with van der Waals surface area (Å²) in [6, 6.07) is 65.5. The first-order chi connectivity index (χ1) is 21.8. The van der Waals surface area contributed by atoms with Gasteiger partial charge in [0.1, 0.15) is 0 Å². The highest BCUT2D eigenvalue weighted by Crippen LogP contribution is 2.30. The Hall–Kier alpha value is -4.27. The first kappa shape index (κ1) is 31.2. The van der Waals surface area contributed by atoms with Crippen molar-refractivity contribution in [2.24, 2.45) is 0 Å². The quantitative estimate of drug-likeness (QED) is 0.0801. The summed E-state index contributed by atoms with van der Waals surface area (Å²) in [5, 5.41) is 0. The van der Waals surface area contributed by atoms with E-state index in [-0.39, 0.29) is 10.9 Å². The van der Waals surface area contributed by atoms with E-state index in [0.717, 1.165) is 0 Å². The summed E-state index contributed by atoms with van der Waals surface area (Å²) in [5.41, 5.74) is 4.36. The predicted molar refractivity (Wildman–Crippen MR) is 194 cm³/mol. The van der Waals surface area contributed by atoms with Crippen molar-refractivity contribution in [1.29, 1.82) is 0 Å². The summed E-state index contributed by atoms with van der Waals surface area (Å²) in [6.45, 7) is 2.28. The van der Waals surface area contributed by atoms with Crippen molar-refractivity contribution in [3.05, 3.63) is 182 Å². The van der Waals surface area contributed by atoms with Gasteiger partial charge < -0.3 is 0 Å². The highest BCUT2D eigenvalue weighted by atomic mass is 32.2. The molecule has 44 heavy (non-hydrogen) atoms. The zero-order valence-electron chi connectivity index (χ0n) is 25.8. The van der Waals surface area contributed by atoms with Gasteiger partial charge in [-0.1, -0.05) is 178 Å². The molecule has 0 aliphatic carbocycles. The lowest BCUT2D eigenvalue weighted by Crippen LogP contribution is -2.66. The van der Waals surface area contributed by atoms with E-state index in [1.54, 1.807) is 0 Å². The summed E-state index contributed by atoms with van der Waals surface area (Å²) in [5.74, 6) is 0. The van der Waals surface area contributed by atoms with Gasteiger partial charge in [-0.15, -0.1) is 0 Å². The molecular formula is C42H43BS. The molecule has 0 saturated heterocycles. The maximum Gasteiger partial charge on any atom is 0.166 e. The monoisotopic (exact) mass is 590 g/mol. The maximum absolute atomic E-state index is 2.32. The molecule has 0 aromatic heterocycles. The molecule has 0 saturated carbocycles. The van der Waals surface area contributed by atoms with Gasteiger partial charge in [-0.25, -0.2) is 0 Å². The first-order valence-corrected chi connectivity index (χ1v) is 17.3. The molecule has 2 heteroatoms. The lowest BCUT2D eigenvalue weighted by Gasteiger charge is -2.43. The molecule has 0 N–H and O–H groups in total. The van der Waals surface area contributed by atoms with Crippen LogP contribution < -0.4 is 16.4 Å². The van der Waals surface area contributed by atoms with Gasteiger partial charge in [0.05, 0.1) is 17.0 Å². The molecular weight excluding hydrogens is 547 g/mol. The highest BCUT2D eigenvalue weighted by molar-refractivity contribution is 7.97. The number of hydrogen-bond donors (Lipinski definition) is 0. The smallest absolute Gasteiger partial charge is 0.166 e. The van der Waals surface area contributed by atoms with Gasteiger partial charge in [0.15, 0.2) is 14.7 Å². The number of benzene rings is 6. The Labute approximate surface area is 268 Å². The Morgan fingerprint density at radius 2 is 0.659 bits per heavy atom. The normalized spacial score (nSPS) is 11.0. The summed E-state index contributed by atoms with van der Waals surface area (Å²) >= 11 is 0. The zero-order chi connectivity index (χ0) is 30.3. The first-order valence-electron chi connectivity index (χ1n) is 16.1. The zero-order valence-corrected chi connectivity index (χ0v) is 26.7. The second kappa shape index (κ2) is 16.5. The van der Waals surface area contributed by atoms with Gasteiger partial charge in [0, 0.05) is 0 Å². The van der Waals surface area contributed by atoms with Gasteiger partial charge in [-0.2, -0.15) is 22.7 Å². The Morgan fingerprint density at radius 1 is 0.364 bits per heavy atom. The van der Waals surface area contributed by atoms with E-state index in [1.807, 2.05) is 0 Å². The number of rotatable bonds is 11. The molecule has 0 unspecified atom stereocenters. The molecule has 6 rings (SSSR count). The third kappa shape index (κ3) is 7.81. The van der Waals surface area contributed by atoms with Crippen LogP contribution in [0.1, 0.15) is 32.6 Å². The number of unbranched alkanes of at least 4 members (excludes halogenated alkanes) is 3. The Balaban J connectivity index is 0.000000181. The van der Waals surface area contributed by atoms with Crippen molar-refractivity contribution in [2.75, 3.05) is 0 Å². The minimum Gasteiger partial charge on any atom is -0.200 e. The SMILES string of the molecule is CCCCCC[B-](c1ccccc1)(c1ccccc1)c1ccccc1.c1ccc([S+](c2ccccc2)c2ccccc2)cc1. The van der Waals surface area contributed by atoms with Crippen molar-refractivity contribution in [1.82, 2.24) is 0 Å². The molecule has 0 amide bonds. The largest absolute Gasteiger partial charge is 0.200 e. The fourth-order valence-electron chi connectivity index (χ4n) is 6.38. The summed E-state index contributed by atoms with van der Waals surface area (Å²) < 4.78 is 0. The third-order valence-electron chi connectivity index (χ3n) is 8.53. The van der Waals surface area contributed by atoms with Crippen LogP contribution in [0.15, 0.2) is 197 Å². The Kier molecular flexibility index (Phi) is 11.7. The molecule has 220 valence electrons. The minimum atomic E-state index is -0.928. The second-order valence-electron chi connectivity index (χ2n) is 11.4. The lowest BCUT2D eigenvalue weighted by atomic mass is 9.14. The van der Waals surface area contributed by atoms with Crippen LogP contribution in [0.25, 0.3) is 0 Å². The van der Waals surface area contributed by atoms with Crippen LogP contribution >= 0.6 is 0 Å². The molecule has 0 fully saturated rings. The van der Waals surface area contributed by atoms with Crippen molar-refractivity contribution < 1.29 is 0 Å². The Morgan fingerprint density at radius 3 is 0.955 bits per heavy atom. The van der Waals surface area contributed by atoms with E-state index in [2.05, 4.69) is 189 Å². The molecule has 0 atom stereocenters. The van der Waals surface area contributed by atoms with Crippen LogP contribution in [0.5, 0.6) is 0 Å². The molecule has 0 spiro atoms. The average molecular weight is 591 g/mol. The average Bonchev–Trinajstić information content (AvgIpc) is 3.11. The van der Waals surface area contributed by atoms with Gasteiger partial charge in [0.25, 0.3) is 0 Å². The minimum absolute atomic E-state index is 0.0146. The van der Waals surface area contributed by atoms with Crippen molar-refractivity contribution in [3.63, 3.8) is 0 Å². The summed E-state index contributed by atoms with van der Waals surface area (Å²) in [4.78, 5) is 4.08. The Bertz CT molecular complexity index is 1420. The van der Waals surface area contributed by atoms with E-state index < -0.39 is 6.15 Å². The highest BCUT2D eigenvalue weighted by Gasteiger charge is 2.29. The summed E-state index contributed by atoms with van der Waals surface area (Å²) in [6.07, 6.45) is 5.46. The van der Waals surface area contributed by atoms with Crippen LogP contribution in [0, 0.1) is 0 Å². The van der Waals surface area contributed by atoms with Crippen molar-refractivity contribution in [2.45, 2.75) is 53.6 Å². The van der Waals surface area contributed by atoms with Crippen molar-refractivity contribution in [3.8, 4) is 0 Å². The van der Waals surface area contributed by atoms with Crippen LogP contribution in [-0.4, -0.2) is 6.15 Å². The maximum atomic E-state index is 2.32. The van der Waals surface area contributed by atoms with E-state index >= 15 is 0 Å². The standard InChI is InChI=1S/C24H28B.C18H15S/c1-2-3-4-14-21-25(22-15-8-5-9-16-22,23-17-10-6-11-18-23)24-19-12-7-13-20-24;1-4-10-16(11-5-1)19(17-12-6-2-7-13-17)18-14-8-3-9-15-18/h5-13,15-20H,2-4,14,21H2,1H3;1-15H/q-1;+1. The molecule has 0 aliphatic rings. The number of hydrogen-bond acceptors (Lipinski definition) is 0. The predicted octanol–water partition coefficient (Wildman–Crippen LogP) is 9.52. The van der Waals surface area contributed by atoms with Crippen LogP contribution in [0.4, 0.5) is 0 Å². The molecule has 0 radical (unpaired) electrons. The van der Waals surface area contributed by atoms with Crippen LogP contribution in [-0.2, 0) is 10.9 Å². The van der Waals surface area contributed by atoms with Gasteiger partial charge in [-0.3, -0.25) is 0 Å². The molecule has 6 aromatic rings. The third-order valence-corrected chi connectivity index (χ3v) is 10.8. The molecule has 0 heterocycles. The van der Waals surface area contributed by atoms with E-state index in [1.165, 1.54) is 63.1 Å². The fraction of sp³-hybridized carbons (Fsp3) is 0.143. The lowest BCUT2D eigenvalue weighted by molar-refractivity contribution is 0.698. The molecule has 0 aliphatic heterocycles. The van der Waals surface area contributed by atoms with Gasteiger partial charge >= 0.3 is 0 Å². The molecule has 0 bridgehead atoms. The van der Waals surface area contributed by atoms with Crippen LogP contribution in [0.2, 0.25) is 6.32 Å². The summed E-state index contributed by atoms with van der Waals surface area (Å²) in [7, 11) is -0.0146. The van der Waals surface area contributed by atoms with Gasteiger partial charge in [-0.05, 0) is 36.4 Å². The topological polar surface area (TPSA) is 0 Å². The fourth-order valence-corrected chi connectivity index (χ4v) is 8.48. The van der Waals surface area contributed by atoms with Crippen LogP contribution in [0.3, 0.4) is 0 Å². The van der Waals surface area contributed by atoms with Gasteiger partial charge in [0.2, 0.25) is 0 Å². The van der Waals surface area contributed by atoms with E-state index in [9.17, 15) is 0 Å². The van der Waals surface area contributed by atoms with E-state index in [0.29, 0.717) is 0 Å². The van der Waals surface area contributed by atoms with E-state index in [4.69, 9.17) is 0 Å². The molecule has 6 aromatic carbocycles. The van der Waals surface area contributed by atoms with Crippen molar-refractivity contribution >= 4 is 33.4 Å². The second-order valence-corrected chi connectivity index (χ2v) is 13.4. The molecule has 0 nitrogen and oxygen atoms in total.